The van der Waals surface area contributed by atoms with Gasteiger partial charge in [0.25, 0.3) is 10.0 Å². The minimum absolute atomic E-state index is 0.104. The number of Topliss-reactive ketones (excluding diaryl/α,β-unsaturated/α-hetero) is 1. The maximum atomic E-state index is 12.3. The Hall–Kier alpha value is -2.21. The van der Waals surface area contributed by atoms with Crippen LogP contribution in [0.3, 0.4) is 0 Å². The number of hydrogen-bond donors (Lipinski definition) is 1. The molecule has 0 atom stereocenters. The molecule has 110 valence electrons. The fourth-order valence-corrected chi connectivity index (χ4v) is 2.98. The Labute approximate surface area is 124 Å². The van der Waals surface area contributed by atoms with E-state index in [-0.39, 0.29) is 10.7 Å². The van der Waals surface area contributed by atoms with Crippen LogP contribution in [0.4, 0.5) is 5.69 Å². The Morgan fingerprint density at radius 1 is 1.05 bits per heavy atom. The van der Waals surface area contributed by atoms with Crippen LogP contribution in [-0.2, 0) is 10.0 Å². The van der Waals surface area contributed by atoms with Gasteiger partial charge in [0.05, 0.1) is 16.3 Å². The van der Waals surface area contributed by atoms with Gasteiger partial charge in [-0.05, 0) is 45.0 Å². The monoisotopic (exact) mass is 304 g/mol. The number of benzene rings is 1. The van der Waals surface area contributed by atoms with Crippen molar-refractivity contribution in [2.75, 3.05) is 4.72 Å². The molecule has 0 amide bonds. The number of ketones is 1. The number of nitrogens with one attached hydrogen (secondary N) is 1. The van der Waals surface area contributed by atoms with E-state index in [1.165, 1.54) is 31.2 Å². The van der Waals surface area contributed by atoms with Crippen LogP contribution in [0.15, 0.2) is 41.3 Å². The lowest BCUT2D eigenvalue weighted by Crippen LogP contribution is -2.14. The van der Waals surface area contributed by atoms with Crippen molar-refractivity contribution in [3.8, 4) is 0 Å². The SMILES string of the molecule is CC(=O)c1ccc(S(=O)(=O)Nc2ccc(C)nc2C)cc1. The number of carbonyl (C=O) groups is 1. The van der Waals surface area contributed by atoms with Crippen LogP contribution < -0.4 is 4.72 Å². The molecule has 1 aromatic heterocycles. The first-order valence-electron chi connectivity index (χ1n) is 6.37. The normalized spacial score (nSPS) is 11.2. The number of sulfonamides is 1. The van der Waals surface area contributed by atoms with Gasteiger partial charge in [-0.2, -0.15) is 0 Å². The number of pyridine rings is 1. The molecule has 0 fully saturated rings. The van der Waals surface area contributed by atoms with E-state index in [1.807, 2.05) is 6.92 Å². The largest absolute Gasteiger partial charge is 0.295 e. The molecule has 1 aromatic carbocycles. The summed E-state index contributed by atoms with van der Waals surface area (Å²) in [5, 5.41) is 0. The summed E-state index contributed by atoms with van der Waals surface area (Å²) in [6.45, 7) is 5.01. The van der Waals surface area contributed by atoms with Gasteiger partial charge in [-0.1, -0.05) is 12.1 Å². The first kappa shape index (κ1) is 15.2. The molecule has 0 saturated carbocycles. The third-order valence-electron chi connectivity index (χ3n) is 3.04. The van der Waals surface area contributed by atoms with Crippen LogP contribution in [0.25, 0.3) is 0 Å². The fourth-order valence-electron chi connectivity index (χ4n) is 1.87. The van der Waals surface area contributed by atoms with Gasteiger partial charge in [0, 0.05) is 11.3 Å². The number of rotatable bonds is 4. The highest BCUT2D eigenvalue weighted by Crippen LogP contribution is 2.19. The molecule has 1 heterocycles. The van der Waals surface area contributed by atoms with E-state index in [4.69, 9.17) is 0 Å². The Bertz CT molecular complexity index is 781. The van der Waals surface area contributed by atoms with Crippen molar-refractivity contribution in [2.24, 2.45) is 0 Å². The van der Waals surface area contributed by atoms with Crippen LogP contribution in [0.1, 0.15) is 28.7 Å². The van der Waals surface area contributed by atoms with Gasteiger partial charge in [-0.15, -0.1) is 0 Å². The topological polar surface area (TPSA) is 76.1 Å². The molecule has 0 radical (unpaired) electrons. The highest BCUT2D eigenvalue weighted by atomic mass is 32.2. The van der Waals surface area contributed by atoms with Crippen LogP contribution in [0, 0.1) is 13.8 Å². The average Bonchev–Trinajstić information content (AvgIpc) is 2.42. The van der Waals surface area contributed by atoms with E-state index in [2.05, 4.69) is 9.71 Å². The minimum Gasteiger partial charge on any atom is -0.295 e. The standard InChI is InChI=1S/C15H16N2O3S/c1-10-4-9-15(11(2)16-10)17-21(19,20)14-7-5-13(6-8-14)12(3)18/h4-9,17H,1-3H3. The summed E-state index contributed by atoms with van der Waals surface area (Å²) in [7, 11) is -3.69. The second-order valence-corrected chi connectivity index (χ2v) is 6.45. The smallest absolute Gasteiger partial charge is 0.261 e. The lowest BCUT2D eigenvalue weighted by Gasteiger charge is -2.10. The van der Waals surface area contributed by atoms with E-state index in [0.717, 1.165) is 5.69 Å². The van der Waals surface area contributed by atoms with Crippen LogP contribution in [0.5, 0.6) is 0 Å². The van der Waals surface area contributed by atoms with E-state index in [0.29, 0.717) is 16.9 Å². The zero-order valence-corrected chi connectivity index (χ0v) is 12.9. The summed E-state index contributed by atoms with van der Waals surface area (Å²) in [5.41, 5.74) is 2.35. The molecule has 0 unspecified atom stereocenters. The lowest BCUT2D eigenvalue weighted by molar-refractivity contribution is 0.101. The molecule has 6 heteroatoms. The Morgan fingerprint density at radius 2 is 1.67 bits per heavy atom. The zero-order valence-electron chi connectivity index (χ0n) is 12.0. The van der Waals surface area contributed by atoms with Crippen molar-refractivity contribution >= 4 is 21.5 Å². The van der Waals surface area contributed by atoms with Crippen molar-refractivity contribution in [3.63, 3.8) is 0 Å². The van der Waals surface area contributed by atoms with Gasteiger partial charge in [0.15, 0.2) is 5.78 Å². The zero-order chi connectivity index (χ0) is 15.6. The summed E-state index contributed by atoms with van der Waals surface area (Å²) in [6, 6.07) is 9.24. The maximum Gasteiger partial charge on any atom is 0.261 e. The Kier molecular flexibility index (Phi) is 4.09. The van der Waals surface area contributed by atoms with Crippen molar-refractivity contribution in [2.45, 2.75) is 25.7 Å². The third kappa shape index (κ3) is 3.46. The fraction of sp³-hybridized carbons (Fsp3) is 0.200. The van der Waals surface area contributed by atoms with E-state index in [9.17, 15) is 13.2 Å². The van der Waals surface area contributed by atoms with Crippen LogP contribution in [-0.4, -0.2) is 19.2 Å². The van der Waals surface area contributed by atoms with E-state index < -0.39 is 10.0 Å². The van der Waals surface area contributed by atoms with Crippen LogP contribution in [0.2, 0.25) is 0 Å². The predicted molar refractivity (Wildman–Crippen MR) is 81.0 cm³/mol. The maximum absolute atomic E-state index is 12.3. The molecule has 2 rings (SSSR count). The van der Waals surface area contributed by atoms with Gasteiger partial charge < -0.3 is 0 Å². The molecule has 0 saturated heterocycles. The highest BCUT2D eigenvalue weighted by Gasteiger charge is 2.16. The molecular weight excluding hydrogens is 288 g/mol. The Morgan fingerprint density at radius 3 is 2.19 bits per heavy atom. The second kappa shape index (κ2) is 5.65. The number of anilines is 1. The first-order valence-corrected chi connectivity index (χ1v) is 7.86. The molecule has 0 aliphatic heterocycles. The number of carbonyl (C=O) groups excluding carboxylic acids is 1. The van der Waals surface area contributed by atoms with Crippen molar-refractivity contribution < 1.29 is 13.2 Å². The van der Waals surface area contributed by atoms with Gasteiger partial charge >= 0.3 is 0 Å². The van der Waals surface area contributed by atoms with Crippen LogP contribution >= 0.6 is 0 Å². The third-order valence-corrected chi connectivity index (χ3v) is 4.42. The number of nitrogens with zero attached hydrogens (tertiary/aromatic N) is 1. The summed E-state index contributed by atoms with van der Waals surface area (Å²) in [6.07, 6.45) is 0. The van der Waals surface area contributed by atoms with Crippen molar-refractivity contribution in [1.29, 1.82) is 0 Å². The lowest BCUT2D eigenvalue weighted by atomic mass is 10.2. The van der Waals surface area contributed by atoms with Gasteiger partial charge in [-0.25, -0.2) is 8.42 Å². The molecule has 0 aliphatic carbocycles. The van der Waals surface area contributed by atoms with Gasteiger partial charge in [-0.3, -0.25) is 14.5 Å². The molecule has 2 aromatic rings. The molecule has 5 nitrogen and oxygen atoms in total. The Balaban J connectivity index is 2.31. The van der Waals surface area contributed by atoms with Gasteiger partial charge in [0.2, 0.25) is 0 Å². The summed E-state index contributed by atoms with van der Waals surface area (Å²) >= 11 is 0. The predicted octanol–water partition coefficient (Wildman–Crippen LogP) is 2.70. The molecule has 0 spiro atoms. The highest BCUT2D eigenvalue weighted by molar-refractivity contribution is 7.92. The number of aromatic nitrogens is 1. The molecule has 0 aliphatic rings. The minimum atomic E-state index is -3.69. The van der Waals surface area contributed by atoms with Crippen molar-refractivity contribution in [1.82, 2.24) is 4.98 Å². The number of aryl methyl sites for hydroxylation is 2. The molecular formula is C15H16N2O3S. The molecule has 1 N–H and O–H groups in total. The van der Waals surface area contributed by atoms with Gasteiger partial charge in [0.1, 0.15) is 0 Å². The van der Waals surface area contributed by atoms with E-state index in [1.54, 1.807) is 19.1 Å². The van der Waals surface area contributed by atoms with E-state index >= 15 is 0 Å². The second-order valence-electron chi connectivity index (χ2n) is 4.77. The molecule has 0 bridgehead atoms. The average molecular weight is 304 g/mol. The molecule has 21 heavy (non-hydrogen) atoms. The number of hydrogen-bond acceptors (Lipinski definition) is 4. The quantitative estimate of drug-likeness (QED) is 0.881. The first-order chi connectivity index (χ1) is 9.79. The summed E-state index contributed by atoms with van der Waals surface area (Å²) in [4.78, 5) is 15.5. The van der Waals surface area contributed by atoms with Crippen molar-refractivity contribution in [3.05, 3.63) is 53.3 Å². The summed E-state index contributed by atoms with van der Waals surface area (Å²) < 4.78 is 27.1. The summed E-state index contributed by atoms with van der Waals surface area (Å²) in [5.74, 6) is -0.106.